The molecule has 1 heterocycles. The summed E-state index contributed by atoms with van der Waals surface area (Å²) in [5, 5.41) is 3.10. The number of hydrogen-bond acceptors (Lipinski definition) is 4. The van der Waals surface area contributed by atoms with Crippen LogP contribution >= 0.6 is 0 Å². The zero-order valence-electron chi connectivity index (χ0n) is 10.2. The van der Waals surface area contributed by atoms with Crippen LogP contribution in [0.2, 0.25) is 0 Å². The van der Waals surface area contributed by atoms with Crippen LogP contribution in [0.3, 0.4) is 0 Å². The van der Waals surface area contributed by atoms with E-state index in [9.17, 15) is 4.79 Å². The monoisotopic (exact) mass is 229 g/mol. The van der Waals surface area contributed by atoms with Gasteiger partial charge >= 0.3 is 0 Å². The fourth-order valence-electron chi connectivity index (χ4n) is 2.10. The Labute approximate surface area is 97.3 Å². The van der Waals surface area contributed by atoms with E-state index in [0.717, 1.165) is 39.0 Å². The maximum Gasteiger partial charge on any atom is 0.234 e. The maximum absolute atomic E-state index is 11.1. The van der Waals surface area contributed by atoms with E-state index in [1.165, 1.54) is 0 Å². The Balaban J connectivity index is 2.24. The number of nitrogens with zero attached hydrogens (tertiary/aromatic N) is 1. The molecule has 1 aliphatic rings. The Morgan fingerprint density at radius 1 is 1.69 bits per heavy atom. The molecule has 2 atom stereocenters. The van der Waals surface area contributed by atoms with Crippen molar-refractivity contribution in [3.05, 3.63) is 0 Å². The van der Waals surface area contributed by atoms with Crippen molar-refractivity contribution in [3.8, 4) is 0 Å². The van der Waals surface area contributed by atoms with Crippen LogP contribution in [0.15, 0.2) is 0 Å². The molecule has 1 saturated heterocycles. The van der Waals surface area contributed by atoms with Crippen molar-refractivity contribution >= 4 is 5.91 Å². The Morgan fingerprint density at radius 2 is 2.44 bits per heavy atom. The molecule has 5 heteroatoms. The highest BCUT2D eigenvalue weighted by Crippen LogP contribution is 2.12. The molecule has 0 bridgehead atoms. The van der Waals surface area contributed by atoms with Crippen molar-refractivity contribution < 1.29 is 9.53 Å². The summed E-state index contributed by atoms with van der Waals surface area (Å²) in [6.07, 6.45) is 2.21. The molecule has 16 heavy (non-hydrogen) atoms. The fourth-order valence-corrected chi connectivity index (χ4v) is 2.10. The van der Waals surface area contributed by atoms with Crippen molar-refractivity contribution in [2.45, 2.75) is 31.9 Å². The van der Waals surface area contributed by atoms with Gasteiger partial charge in [0.15, 0.2) is 0 Å². The van der Waals surface area contributed by atoms with Crippen LogP contribution in [-0.2, 0) is 9.53 Å². The second kappa shape index (κ2) is 6.83. The lowest BCUT2D eigenvalue weighted by molar-refractivity contribution is -0.120. The molecule has 3 N–H and O–H groups in total. The van der Waals surface area contributed by atoms with E-state index >= 15 is 0 Å². The van der Waals surface area contributed by atoms with Crippen molar-refractivity contribution in [3.63, 3.8) is 0 Å². The van der Waals surface area contributed by atoms with Crippen LogP contribution in [0.4, 0.5) is 0 Å². The topological polar surface area (TPSA) is 67.6 Å². The molecule has 94 valence electrons. The van der Waals surface area contributed by atoms with Gasteiger partial charge < -0.3 is 20.7 Å². The zero-order valence-corrected chi connectivity index (χ0v) is 10.2. The summed E-state index contributed by atoms with van der Waals surface area (Å²) in [7, 11) is 1.75. The van der Waals surface area contributed by atoms with Gasteiger partial charge in [-0.15, -0.1) is 0 Å². The van der Waals surface area contributed by atoms with Gasteiger partial charge in [0, 0.05) is 26.7 Å². The average molecular weight is 229 g/mol. The van der Waals surface area contributed by atoms with Gasteiger partial charge in [-0.25, -0.2) is 0 Å². The van der Waals surface area contributed by atoms with Crippen molar-refractivity contribution in [1.82, 2.24) is 10.2 Å². The molecule has 0 spiro atoms. The number of rotatable bonds is 7. The molecule has 0 aromatic carbocycles. The first kappa shape index (κ1) is 13.4. The third-order valence-electron chi connectivity index (χ3n) is 3.09. The molecule has 0 radical (unpaired) electrons. The summed E-state index contributed by atoms with van der Waals surface area (Å²) < 4.78 is 5.29. The molecule has 1 amide bonds. The predicted molar refractivity (Wildman–Crippen MR) is 63.1 cm³/mol. The molecule has 5 nitrogen and oxygen atoms in total. The number of ether oxygens (including phenoxy) is 1. The molecule has 2 unspecified atom stereocenters. The molecule has 0 aromatic heterocycles. The quantitative estimate of drug-likeness (QED) is 0.621. The third kappa shape index (κ3) is 4.08. The number of carbonyl (C=O) groups excluding carboxylic acids is 1. The summed E-state index contributed by atoms with van der Waals surface area (Å²) in [5.41, 5.74) is 5.32. The molecule has 0 aromatic rings. The van der Waals surface area contributed by atoms with E-state index in [1.54, 1.807) is 7.11 Å². The van der Waals surface area contributed by atoms with E-state index in [4.69, 9.17) is 10.5 Å². The minimum Gasteiger partial charge on any atom is -0.380 e. The number of primary amides is 1. The van der Waals surface area contributed by atoms with Gasteiger partial charge in [0.1, 0.15) is 0 Å². The van der Waals surface area contributed by atoms with Crippen LogP contribution in [0.5, 0.6) is 0 Å². The fraction of sp³-hybridized carbons (Fsp3) is 0.909. The molecule has 0 saturated carbocycles. The number of nitrogens with one attached hydrogen (secondary N) is 1. The van der Waals surface area contributed by atoms with Gasteiger partial charge in [-0.3, -0.25) is 4.79 Å². The van der Waals surface area contributed by atoms with Crippen LogP contribution in [-0.4, -0.2) is 56.2 Å². The summed E-state index contributed by atoms with van der Waals surface area (Å²) in [5.74, 6) is -0.260. The number of amides is 1. The van der Waals surface area contributed by atoms with Crippen LogP contribution in [0.1, 0.15) is 19.8 Å². The number of hydrogen-bond donors (Lipinski definition) is 2. The number of nitrogens with two attached hydrogens (primary N) is 1. The lowest BCUT2D eigenvalue weighted by atomic mass is 10.2. The van der Waals surface area contributed by atoms with Gasteiger partial charge in [-0.05, 0) is 19.4 Å². The molecular formula is C11H23N3O2. The molecular weight excluding hydrogens is 206 g/mol. The van der Waals surface area contributed by atoms with E-state index in [-0.39, 0.29) is 11.9 Å². The second-order valence-corrected chi connectivity index (χ2v) is 4.25. The van der Waals surface area contributed by atoms with Crippen molar-refractivity contribution in [2.75, 3.05) is 33.3 Å². The Bertz CT molecular complexity index is 223. The lowest BCUT2D eigenvalue weighted by Gasteiger charge is -2.19. The van der Waals surface area contributed by atoms with Crippen LogP contribution in [0.25, 0.3) is 0 Å². The standard InChI is InChI=1S/C11H23N3O2/c1-3-13-10(11(12)15)5-7-14-6-4-9(8-14)16-2/h9-10,13H,3-8H2,1-2H3,(H2,12,15). The van der Waals surface area contributed by atoms with Crippen LogP contribution in [0, 0.1) is 0 Å². The van der Waals surface area contributed by atoms with Crippen molar-refractivity contribution in [2.24, 2.45) is 5.73 Å². The average Bonchev–Trinajstić information content (AvgIpc) is 2.71. The first-order valence-corrected chi connectivity index (χ1v) is 5.95. The van der Waals surface area contributed by atoms with Gasteiger partial charge in [0.2, 0.25) is 5.91 Å². The Morgan fingerprint density at radius 3 is 2.94 bits per heavy atom. The minimum atomic E-state index is -0.260. The third-order valence-corrected chi connectivity index (χ3v) is 3.09. The predicted octanol–water partition coefficient (Wildman–Crippen LogP) is -0.439. The molecule has 1 aliphatic heterocycles. The number of methoxy groups -OCH3 is 1. The molecule has 1 rings (SSSR count). The number of carbonyl (C=O) groups is 1. The van der Waals surface area contributed by atoms with Crippen molar-refractivity contribution in [1.29, 1.82) is 0 Å². The molecule has 1 fully saturated rings. The normalized spacial score (nSPS) is 23.5. The highest BCUT2D eigenvalue weighted by atomic mass is 16.5. The van der Waals surface area contributed by atoms with E-state index in [0.29, 0.717) is 6.10 Å². The van der Waals surface area contributed by atoms with Gasteiger partial charge in [0.05, 0.1) is 12.1 Å². The Kier molecular flexibility index (Phi) is 5.73. The number of likely N-dealkylation sites (tertiary alicyclic amines) is 1. The SMILES string of the molecule is CCNC(CCN1CCC(OC)C1)C(N)=O. The largest absolute Gasteiger partial charge is 0.380 e. The summed E-state index contributed by atoms with van der Waals surface area (Å²) in [4.78, 5) is 13.5. The van der Waals surface area contributed by atoms with E-state index in [1.807, 2.05) is 6.92 Å². The van der Waals surface area contributed by atoms with E-state index < -0.39 is 0 Å². The first-order valence-electron chi connectivity index (χ1n) is 5.95. The van der Waals surface area contributed by atoms with Gasteiger partial charge in [-0.1, -0.05) is 6.92 Å². The van der Waals surface area contributed by atoms with E-state index in [2.05, 4.69) is 10.2 Å². The molecule has 0 aliphatic carbocycles. The highest BCUT2D eigenvalue weighted by molar-refractivity contribution is 5.79. The van der Waals surface area contributed by atoms with Crippen LogP contribution < -0.4 is 11.1 Å². The summed E-state index contributed by atoms with van der Waals surface area (Å²) >= 11 is 0. The van der Waals surface area contributed by atoms with Gasteiger partial charge in [-0.2, -0.15) is 0 Å². The lowest BCUT2D eigenvalue weighted by Crippen LogP contribution is -2.43. The number of likely N-dealkylation sites (N-methyl/N-ethyl adjacent to an activating group) is 1. The maximum atomic E-state index is 11.1. The highest BCUT2D eigenvalue weighted by Gasteiger charge is 2.23. The zero-order chi connectivity index (χ0) is 12.0. The Hall–Kier alpha value is -0.650. The first-order chi connectivity index (χ1) is 7.67. The second-order valence-electron chi connectivity index (χ2n) is 4.25. The summed E-state index contributed by atoms with van der Waals surface area (Å²) in [6.45, 7) is 5.67. The van der Waals surface area contributed by atoms with Gasteiger partial charge in [0.25, 0.3) is 0 Å². The smallest absolute Gasteiger partial charge is 0.234 e. The summed E-state index contributed by atoms with van der Waals surface area (Å²) in [6, 6.07) is -0.202. The minimum absolute atomic E-state index is 0.202.